The molecule has 1 aliphatic heterocycles. The van der Waals surface area contributed by atoms with Gasteiger partial charge in [-0.15, -0.1) is 0 Å². The van der Waals surface area contributed by atoms with Crippen molar-refractivity contribution >= 4 is 55.7 Å². The molecule has 306 valence electrons. The van der Waals surface area contributed by atoms with Gasteiger partial charge in [0.1, 0.15) is 0 Å². The normalized spacial score (nSPS) is 14.2. The van der Waals surface area contributed by atoms with Gasteiger partial charge in [-0.1, -0.05) is 198 Å². The van der Waals surface area contributed by atoms with Crippen molar-refractivity contribution in [2.75, 3.05) is 9.80 Å². The maximum Gasteiger partial charge on any atom is 0.0618 e. The van der Waals surface area contributed by atoms with Crippen molar-refractivity contribution in [3.05, 3.63) is 241 Å². The lowest BCUT2D eigenvalue weighted by Crippen LogP contribution is -2.31. The molecule has 1 heterocycles. The van der Waals surface area contributed by atoms with Crippen molar-refractivity contribution < 1.29 is 0 Å². The van der Waals surface area contributed by atoms with Gasteiger partial charge in [0.05, 0.1) is 17.1 Å². The Morgan fingerprint density at radius 2 is 0.891 bits per heavy atom. The van der Waals surface area contributed by atoms with Gasteiger partial charge in [-0.2, -0.15) is 0 Å². The second-order valence-corrected chi connectivity index (χ2v) is 18.5. The van der Waals surface area contributed by atoms with Crippen molar-refractivity contribution in [2.24, 2.45) is 0 Å². The average molecular weight is 821 g/mol. The second kappa shape index (κ2) is 14.4. The van der Waals surface area contributed by atoms with Crippen LogP contribution in [0.4, 0.5) is 34.1 Å². The lowest BCUT2D eigenvalue weighted by atomic mass is 9.70. The largest absolute Gasteiger partial charge is 0.310 e. The van der Waals surface area contributed by atoms with E-state index < -0.39 is 0 Å². The molecule has 10 aromatic carbocycles. The van der Waals surface area contributed by atoms with Crippen molar-refractivity contribution in [2.45, 2.75) is 38.5 Å². The van der Waals surface area contributed by atoms with E-state index in [9.17, 15) is 0 Å². The summed E-state index contributed by atoms with van der Waals surface area (Å²) in [7, 11) is 0. The minimum atomic E-state index is -0.279. The maximum absolute atomic E-state index is 2.57. The van der Waals surface area contributed by atoms with Crippen molar-refractivity contribution in [3.63, 3.8) is 0 Å². The van der Waals surface area contributed by atoms with Gasteiger partial charge in [-0.25, -0.2) is 0 Å². The predicted molar refractivity (Wildman–Crippen MR) is 271 cm³/mol. The summed E-state index contributed by atoms with van der Waals surface area (Å²) < 4.78 is 0. The van der Waals surface area contributed by atoms with E-state index >= 15 is 0 Å². The number of hydrogen-bond donors (Lipinski definition) is 0. The number of anilines is 6. The van der Waals surface area contributed by atoms with Gasteiger partial charge in [-0.3, -0.25) is 0 Å². The number of rotatable bonds is 6. The molecule has 0 fully saturated rings. The van der Waals surface area contributed by atoms with Gasteiger partial charge in [0.2, 0.25) is 0 Å². The molecule has 1 aliphatic carbocycles. The minimum Gasteiger partial charge on any atom is -0.310 e. The molecule has 64 heavy (non-hydrogen) atoms. The van der Waals surface area contributed by atoms with Crippen molar-refractivity contribution in [1.82, 2.24) is 0 Å². The fraction of sp³-hybridized carbons (Fsp3) is 0.0968. The summed E-state index contributed by atoms with van der Waals surface area (Å²) in [5.41, 5.74) is 19.5. The molecule has 0 spiro atoms. The third-order valence-corrected chi connectivity index (χ3v) is 14.2. The monoisotopic (exact) mass is 820 g/mol. The zero-order valence-corrected chi connectivity index (χ0v) is 36.7. The number of nitrogens with zero attached hydrogens (tertiary/aromatic N) is 2. The molecule has 0 amide bonds. The molecule has 0 saturated heterocycles. The molecule has 0 unspecified atom stereocenters. The van der Waals surface area contributed by atoms with E-state index in [4.69, 9.17) is 0 Å². The molecule has 10 aromatic rings. The van der Waals surface area contributed by atoms with E-state index in [0.29, 0.717) is 0 Å². The Hall–Kier alpha value is -7.68. The molecule has 0 radical (unpaired) electrons. The molecule has 0 saturated carbocycles. The van der Waals surface area contributed by atoms with Gasteiger partial charge >= 0.3 is 0 Å². The fourth-order valence-corrected chi connectivity index (χ4v) is 11.1. The molecule has 2 aliphatic rings. The third-order valence-electron chi connectivity index (χ3n) is 14.2. The predicted octanol–water partition coefficient (Wildman–Crippen LogP) is 17.2. The van der Waals surface area contributed by atoms with E-state index in [1.54, 1.807) is 0 Å². The van der Waals surface area contributed by atoms with Gasteiger partial charge in [0.15, 0.2) is 0 Å². The summed E-state index contributed by atoms with van der Waals surface area (Å²) in [6, 6.07) is 80.9. The molecule has 0 N–H and O–H groups in total. The molecule has 0 bridgehead atoms. The van der Waals surface area contributed by atoms with Crippen LogP contribution in [0.1, 0.15) is 49.9 Å². The van der Waals surface area contributed by atoms with E-state index in [1.807, 2.05) is 0 Å². The summed E-state index contributed by atoms with van der Waals surface area (Å²) in [4.78, 5) is 4.97. The second-order valence-electron chi connectivity index (χ2n) is 18.5. The number of fused-ring (bicyclic) bond motifs is 7. The van der Waals surface area contributed by atoms with Crippen LogP contribution in [-0.2, 0) is 10.8 Å². The van der Waals surface area contributed by atoms with Crippen molar-refractivity contribution in [1.29, 1.82) is 0 Å². The van der Waals surface area contributed by atoms with Crippen LogP contribution < -0.4 is 9.80 Å². The molecule has 2 heteroatoms. The lowest BCUT2D eigenvalue weighted by Gasteiger charge is -2.44. The first kappa shape index (κ1) is 38.0. The first-order chi connectivity index (χ1) is 31.3. The van der Waals surface area contributed by atoms with Crippen molar-refractivity contribution in [3.8, 4) is 33.4 Å². The Morgan fingerprint density at radius 1 is 0.344 bits per heavy atom. The highest BCUT2D eigenvalue weighted by Gasteiger charge is 2.40. The molecule has 0 atom stereocenters. The van der Waals surface area contributed by atoms with Crippen LogP contribution in [0.2, 0.25) is 0 Å². The summed E-state index contributed by atoms with van der Waals surface area (Å²) in [6.45, 7) is 9.51. The number of para-hydroxylation sites is 2. The van der Waals surface area contributed by atoms with E-state index in [-0.39, 0.29) is 10.8 Å². The van der Waals surface area contributed by atoms with E-state index in [1.165, 1.54) is 88.7 Å². The SMILES string of the molecule is CC1(C)c2ccccc2-c2ccc(N(c3ccccc3)c3ccc(-c4ccc5ccccc5c4N4c5ccccc5C(C)(C)c5c(-c6cccc7ccccc67)cccc54)cc3)cc21. The zero-order chi connectivity index (χ0) is 43.2. The Labute approximate surface area is 376 Å². The Bertz CT molecular complexity index is 3440. The number of hydrogen-bond acceptors (Lipinski definition) is 2. The topological polar surface area (TPSA) is 6.48 Å². The van der Waals surface area contributed by atoms with Gasteiger partial charge in [-0.05, 0) is 115 Å². The van der Waals surface area contributed by atoms with Crippen LogP contribution in [0.25, 0.3) is 54.9 Å². The highest BCUT2D eigenvalue weighted by Crippen LogP contribution is 2.58. The smallest absolute Gasteiger partial charge is 0.0618 e. The van der Waals surface area contributed by atoms with Crippen LogP contribution in [0.3, 0.4) is 0 Å². The summed E-state index contributed by atoms with van der Waals surface area (Å²) >= 11 is 0. The third kappa shape index (κ3) is 5.72. The number of benzene rings is 10. The quantitative estimate of drug-likeness (QED) is 0.165. The standard InChI is InChI=1S/C62H48N2/c1-61(2)54-28-13-12-25-51(54)52-39-37-46(40-56(52)61)63(44-21-6-5-7-22-44)45-35-32-43(33-36-45)49-38-34-42-19-9-11-24-48(42)60(49)64-57-30-15-14-29-55(57)62(3,4)59-53(27-17-31-58(59)64)50-26-16-20-41-18-8-10-23-47(41)50/h5-40H,1-4H3. The zero-order valence-electron chi connectivity index (χ0n) is 36.7. The average Bonchev–Trinajstić information content (AvgIpc) is 3.57. The van der Waals surface area contributed by atoms with Crippen LogP contribution in [-0.4, -0.2) is 0 Å². The van der Waals surface area contributed by atoms with Crippen LogP contribution in [0, 0.1) is 0 Å². The first-order valence-electron chi connectivity index (χ1n) is 22.5. The first-order valence-corrected chi connectivity index (χ1v) is 22.5. The molecular formula is C62H48N2. The highest BCUT2D eigenvalue weighted by molar-refractivity contribution is 6.09. The molecular weight excluding hydrogens is 773 g/mol. The van der Waals surface area contributed by atoms with Gasteiger partial charge in [0.25, 0.3) is 0 Å². The van der Waals surface area contributed by atoms with E-state index in [0.717, 1.165) is 22.6 Å². The van der Waals surface area contributed by atoms with Gasteiger partial charge in [0, 0.05) is 38.8 Å². The summed E-state index contributed by atoms with van der Waals surface area (Å²) in [5.74, 6) is 0. The molecule has 2 nitrogen and oxygen atoms in total. The molecule has 12 rings (SSSR count). The lowest BCUT2D eigenvalue weighted by molar-refractivity contribution is 0.634. The highest BCUT2D eigenvalue weighted by atomic mass is 15.2. The summed E-state index contributed by atoms with van der Waals surface area (Å²) in [6.07, 6.45) is 0. The Morgan fingerprint density at radius 3 is 1.70 bits per heavy atom. The van der Waals surface area contributed by atoms with Gasteiger partial charge < -0.3 is 9.80 Å². The fourth-order valence-electron chi connectivity index (χ4n) is 11.1. The van der Waals surface area contributed by atoms with Crippen LogP contribution in [0.5, 0.6) is 0 Å². The maximum atomic E-state index is 2.57. The van der Waals surface area contributed by atoms with Crippen LogP contribution >= 0.6 is 0 Å². The summed E-state index contributed by atoms with van der Waals surface area (Å²) in [5, 5.41) is 4.94. The Balaban J connectivity index is 1.04. The Kier molecular flexibility index (Phi) is 8.58. The van der Waals surface area contributed by atoms with Crippen LogP contribution in [0.15, 0.2) is 218 Å². The van der Waals surface area contributed by atoms with E-state index in [2.05, 4.69) is 256 Å². The minimum absolute atomic E-state index is 0.100. The molecule has 0 aromatic heterocycles.